The molecule has 4 nitrogen and oxygen atoms in total. The van der Waals surface area contributed by atoms with Gasteiger partial charge in [-0.2, -0.15) is 0 Å². The van der Waals surface area contributed by atoms with Crippen LogP contribution >= 0.6 is 0 Å². The standard InChI is InChI=1S/C14H14F3N3O/c15-14(16,17)21-12-6-10(7-12)13-19-8-11(20-13)5-9-1-3-18-4-2-9/h1-4,8,10,12H,5-7H2,(H,19,20)/t10-,12-. The van der Waals surface area contributed by atoms with Crippen molar-refractivity contribution in [1.29, 1.82) is 0 Å². The highest BCUT2D eigenvalue weighted by Gasteiger charge is 2.41. The maximum absolute atomic E-state index is 12.1. The van der Waals surface area contributed by atoms with Crippen molar-refractivity contribution >= 4 is 0 Å². The Balaban J connectivity index is 1.55. The molecular weight excluding hydrogens is 283 g/mol. The number of H-pyrrole nitrogens is 1. The van der Waals surface area contributed by atoms with E-state index in [4.69, 9.17) is 0 Å². The van der Waals surface area contributed by atoms with Gasteiger partial charge in [0.25, 0.3) is 0 Å². The SMILES string of the molecule is FC(F)(F)O[C@H]1C[C@H](c2nc(Cc3ccncc3)c[nH]2)C1. The van der Waals surface area contributed by atoms with Gasteiger partial charge in [0.2, 0.25) is 0 Å². The monoisotopic (exact) mass is 297 g/mol. The fraction of sp³-hybridized carbons (Fsp3) is 0.429. The molecule has 2 aromatic rings. The van der Waals surface area contributed by atoms with Crippen molar-refractivity contribution in [1.82, 2.24) is 15.0 Å². The van der Waals surface area contributed by atoms with Crippen LogP contribution in [0.5, 0.6) is 0 Å². The van der Waals surface area contributed by atoms with Crippen molar-refractivity contribution in [2.24, 2.45) is 0 Å². The van der Waals surface area contributed by atoms with Crippen LogP contribution < -0.4 is 0 Å². The predicted octanol–water partition coefficient (Wildman–Crippen LogP) is 3.18. The van der Waals surface area contributed by atoms with Gasteiger partial charge in [-0.3, -0.25) is 9.72 Å². The summed E-state index contributed by atoms with van der Waals surface area (Å²) in [7, 11) is 0. The lowest BCUT2D eigenvalue weighted by molar-refractivity contribution is -0.352. The number of alkyl halides is 3. The van der Waals surface area contributed by atoms with E-state index < -0.39 is 12.5 Å². The molecule has 1 N–H and O–H groups in total. The summed E-state index contributed by atoms with van der Waals surface area (Å²) in [6.45, 7) is 0. The molecule has 0 atom stereocenters. The summed E-state index contributed by atoms with van der Waals surface area (Å²) >= 11 is 0. The Morgan fingerprint density at radius 3 is 2.62 bits per heavy atom. The second-order valence-corrected chi connectivity index (χ2v) is 5.16. The highest BCUT2D eigenvalue weighted by atomic mass is 19.4. The number of pyridine rings is 1. The van der Waals surface area contributed by atoms with Gasteiger partial charge in [-0.05, 0) is 30.5 Å². The van der Waals surface area contributed by atoms with Crippen molar-refractivity contribution in [3.8, 4) is 0 Å². The van der Waals surface area contributed by atoms with Crippen LogP contribution in [0.25, 0.3) is 0 Å². The third-order valence-electron chi connectivity index (χ3n) is 3.57. The molecule has 2 aromatic heterocycles. The van der Waals surface area contributed by atoms with Crippen LogP contribution in [0.4, 0.5) is 13.2 Å². The molecule has 0 radical (unpaired) electrons. The van der Waals surface area contributed by atoms with Crippen molar-refractivity contribution in [2.45, 2.75) is 37.6 Å². The van der Waals surface area contributed by atoms with Crippen molar-refractivity contribution < 1.29 is 17.9 Å². The van der Waals surface area contributed by atoms with Gasteiger partial charge in [-0.1, -0.05) is 0 Å². The Hall–Kier alpha value is -1.89. The number of hydrogen-bond acceptors (Lipinski definition) is 3. The molecule has 0 aliphatic heterocycles. The summed E-state index contributed by atoms with van der Waals surface area (Å²) in [5.41, 5.74) is 1.96. The molecule has 112 valence electrons. The molecule has 0 aromatic carbocycles. The highest BCUT2D eigenvalue weighted by molar-refractivity contribution is 5.19. The van der Waals surface area contributed by atoms with Gasteiger partial charge < -0.3 is 4.98 Å². The summed E-state index contributed by atoms with van der Waals surface area (Å²) in [6, 6.07) is 3.82. The zero-order valence-electron chi connectivity index (χ0n) is 11.1. The molecule has 0 unspecified atom stereocenters. The van der Waals surface area contributed by atoms with Crippen LogP contribution in [0, 0.1) is 0 Å². The number of hydrogen-bond donors (Lipinski definition) is 1. The highest BCUT2D eigenvalue weighted by Crippen LogP contribution is 2.40. The summed E-state index contributed by atoms with van der Waals surface area (Å²) < 4.78 is 40.1. The first-order valence-electron chi connectivity index (χ1n) is 6.67. The maximum atomic E-state index is 12.1. The Bertz CT molecular complexity index is 591. The molecule has 0 amide bonds. The minimum atomic E-state index is -4.55. The third-order valence-corrected chi connectivity index (χ3v) is 3.57. The molecular formula is C14H14F3N3O. The van der Waals surface area contributed by atoms with Crippen molar-refractivity contribution in [2.75, 3.05) is 0 Å². The molecule has 3 rings (SSSR count). The number of halogens is 3. The first-order valence-corrected chi connectivity index (χ1v) is 6.67. The van der Waals surface area contributed by atoms with Gasteiger partial charge in [-0.25, -0.2) is 4.98 Å². The smallest absolute Gasteiger partial charge is 0.348 e. The zero-order valence-corrected chi connectivity index (χ0v) is 11.1. The first-order chi connectivity index (χ1) is 9.99. The summed E-state index contributed by atoms with van der Waals surface area (Å²) in [4.78, 5) is 11.4. The summed E-state index contributed by atoms with van der Waals surface area (Å²) in [6.07, 6.45) is 1.31. The molecule has 1 saturated carbocycles. The second-order valence-electron chi connectivity index (χ2n) is 5.16. The fourth-order valence-electron chi connectivity index (χ4n) is 2.46. The maximum Gasteiger partial charge on any atom is 0.522 e. The Morgan fingerprint density at radius 2 is 1.95 bits per heavy atom. The minimum Gasteiger partial charge on any atom is -0.348 e. The van der Waals surface area contributed by atoms with Crippen LogP contribution in [0.3, 0.4) is 0 Å². The normalized spacial score (nSPS) is 22.0. The molecule has 21 heavy (non-hydrogen) atoms. The zero-order chi connectivity index (χ0) is 14.9. The van der Waals surface area contributed by atoms with Crippen molar-refractivity contribution in [3.05, 3.63) is 47.8 Å². The predicted molar refractivity (Wildman–Crippen MR) is 68.5 cm³/mol. The van der Waals surface area contributed by atoms with Crippen LogP contribution in [-0.2, 0) is 11.2 Å². The number of aromatic amines is 1. The molecule has 7 heteroatoms. The molecule has 2 heterocycles. The van der Waals surface area contributed by atoms with E-state index in [1.807, 2.05) is 12.1 Å². The fourth-order valence-corrected chi connectivity index (χ4v) is 2.46. The second kappa shape index (κ2) is 5.48. The van der Waals surface area contributed by atoms with E-state index in [9.17, 15) is 13.2 Å². The minimum absolute atomic E-state index is 0.0172. The van der Waals surface area contributed by atoms with Crippen LogP contribution in [0.2, 0.25) is 0 Å². The number of rotatable bonds is 4. The molecule has 0 bridgehead atoms. The van der Waals surface area contributed by atoms with E-state index in [-0.39, 0.29) is 5.92 Å². The van der Waals surface area contributed by atoms with E-state index in [1.165, 1.54) is 0 Å². The first kappa shape index (κ1) is 14.1. The average Bonchev–Trinajstić information content (AvgIpc) is 2.81. The van der Waals surface area contributed by atoms with Gasteiger partial charge in [0.05, 0.1) is 11.8 Å². The topological polar surface area (TPSA) is 50.8 Å². The number of nitrogens with zero attached hydrogens (tertiary/aromatic N) is 2. The lowest BCUT2D eigenvalue weighted by atomic mass is 9.82. The number of ether oxygens (including phenoxy) is 1. The van der Waals surface area contributed by atoms with E-state index in [0.29, 0.717) is 19.3 Å². The van der Waals surface area contributed by atoms with Gasteiger partial charge in [-0.15, -0.1) is 13.2 Å². The van der Waals surface area contributed by atoms with Gasteiger partial charge in [0.15, 0.2) is 0 Å². The molecule has 0 saturated heterocycles. The van der Waals surface area contributed by atoms with Gasteiger partial charge >= 0.3 is 6.36 Å². The molecule has 1 aliphatic carbocycles. The average molecular weight is 297 g/mol. The summed E-state index contributed by atoms with van der Waals surface area (Å²) in [5, 5.41) is 0. The molecule has 1 fully saturated rings. The number of nitrogens with one attached hydrogen (secondary N) is 1. The van der Waals surface area contributed by atoms with Crippen LogP contribution in [0.1, 0.15) is 35.8 Å². The number of imidazole rings is 1. The quantitative estimate of drug-likeness (QED) is 0.943. The van der Waals surface area contributed by atoms with Crippen molar-refractivity contribution in [3.63, 3.8) is 0 Å². The van der Waals surface area contributed by atoms with Crippen LogP contribution in [-0.4, -0.2) is 27.4 Å². The number of aromatic nitrogens is 3. The lowest BCUT2D eigenvalue weighted by Gasteiger charge is -2.33. The Labute approximate surface area is 119 Å². The van der Waals surface area contributed by atoms with Crippen LogP contribution in [0.15, 0.2) is 30.7 Å². The Morgan fingerprint density at radius 1 is 1.24 bits per heavy atom. The Kier molecular flexibility index (Phi) is 3.67. The molecule has 1 aliphatic rings. The van der Waals surface area contributed by atoms with E-state index >= 15 is 0 Å². The van der Waals surface area contributed by atoms with Gasteiger partial charge in [0, 0.05) is 30.9 Å². The largest absolute Gasteiger partial charge is 0.522 e. The third kappa shape index (κ3) is 3.60. The van der Waals surface area contributed by atoms with E-state index in [2.05, 4.69) is 19.7 Å². The van der Waals surface area contributed by atoms with E-state index in [1.54, 1.807) is 18.6 Å². The van der Waals surface area contributed by atoms with Gasteiger partial charge in [0.1, 0.15) is 5.82 Å². The molecule has 0 spiro atoms. The lowest BCUT2D eigenvalue weighted by Crippen LogP contribution is -2.35. The summed E-state index contributed by atoms with van der Waals surface area (Å²) in [5.74, 6) is 0.754. The van der Waals surface area contributed by atoms with E-state index in [0.717, 1.165) is 17.1 Å².